The van der Waals surface area contributed by atoms with Crippen molar-refractivity contribution >= 4 is 40.8 Å². The second kappa shape index (κ2) is 23.1. The number of imidazole rings is 1. The number of H-pyrrole nitrogens is 1. The van der Waals surface area contributed by atoms with E-state index in [1.165, 1.54) is 29.5 Å². The van der Waals surface area contributed by atoms with Crippen molar-refractivity contribution in [3.05, 3.63) is 94.1 Å². The van der Waals surface area contributed by atoms with Crippen molar-refractivity contribution in [2.75, 3.05) is 6.54 Å². The molecule has 312 valence electrons. The Kier molecular flexibility index (Phi) is 18.1. The summed E-state index contributed by atoms with van der Waals surface area (Å²) in [6.45, 7) is 4.47. The summed E-state index contributed by atoms with van der Waals surface area (Å²) in [4.78, 5) is 74.2. The summed E-state index contributed by atoms with van der Waals surface area (Å²) in [6, 6.07) is 11.0. The van der Waals surface area contributed by atoms with Gasteiger partial charge < -0.3 is 42.6 Å². The van der Waals surface area contributed by atoms with Gasteiger partial charge in [0.2, 0.25) is 17.7 Å². The molecule has 0 fully saturated rings. The number of nitrogens with zero attached hydrogens (tertiary/aromatic N) is 1. The van der Waals surface area contributed by atoms with E-state index in [9.17, 15) is 34.2 Å². The van der Waals surface area contributed by atoms with E-state index in [-0.39, 0.29) is 42.9 Å². The highest BCUT2D eigenvalue weighted by Gasteiger charge is 2.29. The average molecular weight is 816 g/mol. The van der Waals surface area contributed by atoms with Gasteiger partial charge in [0.25, 0.3) is 0 Å². The van der Waals surface area contributed by atoms with E-state index in [2.05, 4.69) is 32.8 Å². The number of aliphatic carboxylic acids is 1. The molecule has 4 aromatic rings. The first-order chi connectivity index (χ1) is 27.8. The molecule has 2 aromatic carbocycles. The fraction of sp³-hybridized carbons (Fsp3) is 0.442. The normalized spacial score (nSPS) is 13.2. The number of phenolic OH excluding ortho intramolecular Hbond substituents is 1. The predicted molar refractivity (Wildman–Crippen MR) is 224 cm³/mol. The Morgan fingerprint density at radius 3 is 2.34 bits per heavy atom. The minimum Gasteiger partial charge on any atom is -0.508 e. The first-order valence-electron chi connectivity index (χ1n) is 20.0. The topological polar surface area (TPSA) is 243 Å². The SMILES string of the molecule is CCCCCCCC(=O)NCCCC[C@H](NC(=O)[C@@H](N)Cc1c[nH]c(-c2cccs2)n1)C(=O)NC(CC(=O)c1cc(O)ccc1C[C@@H](N)C(=O)O)c1ccc(C)cc1. The van der Waals surface area contributed by atoms with Gasteiger partial charge in [-0.15, -0.1) is 11.3 Å². The van der Waals surface area contributed by atoms with Crippen LogP contribution in [0.3, 0.4) is 0 Å². The molecule has 1 unspecified atom stereocenters. The van der Waals surface area contributed by atoms with Crippen molar-refractivity contribution in [2.45, 2.75) is 115 Å². The number of amides is 3. The van der Waals surface area contributed by atoms with Gasteiger partial charge in [-0.1, -0.05) is 74.6 Å². The first-order valence-corrected chi connectivity index (χ1v) is 20.8. The summed E-state index contributed by atoms with van der Waals surface area (Å²) in [6.07, 6.45) is 8.39. The molecule has 15 heteroatoms. The number of ketones is 1. The molecule has 4 rings (SSSR count). The van der Waals surface area contributed by atoms with Crippen LogP contribution in [0.4, 0.5) is 0 Å². The van der Waals surface area contributed by atoms with Gasteiger partial charge in [-0.3, -0.25) is 24.0 Å². The molecule has 0 aliphatic heterocycles. The summed E-state index contributed by atoms with van der Waals surface area (Å²) in [5, 5.41) is 30.4. The number of aromatic hydroxyl groups is 1. The summed E-state index contributed by atoms with van der Waals surface area (Å²) in [7, 11) is 0. The third kappa shape index (κ3) is 14.5. The lowest BCUT2D eigenvalue weighted by atomic mass is 9.92. The smallest absolute Gasteiger partial charge is 0.320 e. The van der Waals surface area contributed by atoms with Crippen LogP contribution < -0.4 is 27.4 Å². The number of hydrogen-bond donors (Lipinski definition) is 8. The molecule has 0 aliphatic rings. The number of nitrogens with one attached hydrogen (secondary N) is 4. The highest BCUT2D eigenvalue weighted by Crippen LogP contribution is 2.26. The number of Topliss-reactive ketones (excluding diaryl/α,β-unsaturated/α-hetero) is 1. The van der Waals surface area contributed by atoms with E-state index in [0.717, 1.165) is 42.5 Å². The minimum atomic E-state index is -1.28. The Morgan fingerprint density at radius 2 is 1.64 bits per heavy atom. The van der Waals surface area contributed by atoms with Crippen LogP contribution in [-0.2, 0) is 32.0 Å². The fourth-order valence-electron chi connectivity index (χ4n) is 6.49. The van der Waals surface area contributed by atoms with Crippen LogP contribution in [0.1, 0.15) is 110 Å². The highest BCUT2D eigenvalue weighted by molar-refractivity contribution is 7.13. The number of hydrogen-bond acceptors (Lipinski definition) is 10. The van der Waals surface area contributed by atoms with Crippen molar-refractivity contribution in [3.8, 4) is 16.5 Å². The minimum absolute atomic E-state index is 0.0175. The Hall–Kier alpha value is -5.38. The van der Waals surface area contributed by atoms with Gasteiger partial charge in [-0.05, 0) is 73.7 Å². The van der Waals surface area contributed by atoms with Gasteiger partial charge in [0, 0.05) is 37.6 Å². The molecule has 0 spiro atoms. The number of nitrogens with two attached hydrogens (primary N) is 2. The van der Waals surface area contributed by atoms with Crippen LogP contribution in [-0.4, -0.2) is 74.3 Å². The molecular weight excluding hydrogens is 759 g/mol. The number of carboxylic acid groups (broad SMARTS) is 1. The molecule has 0 saturated carbocycles. The molecule has 14 nitrogen and oxygen atoms in total. The quantitative estimate of drug-likeness (QED) is 0.0320. The Labute approximate surface area is 343 Å². The van der Waals surface area contributed by atoms with Crippen LogP contribution >= 0.6 is 11.3 Å². The lowest BCUT2D eigenvalue weighted by Gasteiger charge is -2.25. The summed E-state index contributed by atoms with van der Waals surface area (Å²) in [5.74, 6) is -2.34. The van der Waals surface area contributed by atoms with E-state index in [1.54, 1.807) is 18.3 Å². The third-order valence-corrected chi connectivity index (χ3v) is 10.7. The lowest BCUT2D eigenvalue weighted by molar-refractivity contribution is -0.138. The molecular formula is C43H57N7O7S. The first kappa shape index (κ1) is 45.3. The van der Waals surface area contributed by atoms with Crippen molar-refractivity contribution in [2.24, 2.45) is 11.5 Å². The number of aryl methyl sites for hydroxylation is 1. The van der Waals surface area contributed by atoms with Crippen LogP contribution in [0.25, 0.3) is 10.7 Å². The maximum Gasteiger partial charge on any atom is 0.320 e. The van der Waals surface area contributed by atoms with E-state index < -0.39 is 47.7 Å². The van der Waals surface area contributed by atoms with Crippen LogP contribution in [0.2, 0.25) is 0 Å². The second-order valence-electron chi connectivity index (χ2n) is 14.7. The monoisotopic (exact) mass is 815 g/mol. The number of carbonyl (C=O) groups is 5. The molecule has 2 aromatic heterocycles. The second-order valence-corrected chi connectivity index (χ2v) is 15.6. The number of phenols is 1. The van der Waals surface area contributed by atoms with Crippen LogP contribution in [0.5, 0.6) is 5.75 Å². The number of aromatic nitrogens is 2. The van der Waals surface area contributed by atoms with Crippen LogP contribution in [0.15, 0.2) is 66.2 Å². The summed E-state index contributed by atoms with van der Waals surface area (Å²) >= 11 is 1.52. The molecule has 0 bridgehead atoms. The number of carboxylic acids is 1. The number of rotatable bonds is 25. The molecule has 0 radical (unpaired) electrons. The highest BCUT2D eigenvalue weighted by atomic mass is 32.1. The zero-order valence-electron chi connectivity index (χ0n) is 33.3. The van der Waals surface area contributed by atoms with Gasteiger partial charge in [-0.25, -0.2) is 4.98 Å². The van der Waals surface area contributed by atoms with Crippen molar-refractivity contribution in [1.82, 2.24) is 25.9 Å². The Bertz CT molecular complexity index is 1950. The molecule has 4 atom stereocenters. The van der Waals surface area contributed by atoms with Crippen molar-refractivity contribution < 1.29 is 34.2 Å². The molecule has 58 heavy (non-hydrogen) atoms. The zero-order valence-corrected chi connectivity index (χ0v) is 34.1. The number of benzene rings is 2. The third-order valence-electron chi connectivity index (χ3n) is 9.87. The average Bonchev–Trinajstić information content (AvgIpc) is 3.91. The van der Waals surface area contributed by atoms with E-state index >= 15 is 0 Å². The van der Waals surface area contributed by atoms with Crippen LogP contribution in [0, 0.1) is 6.92 Å². The van der Waals surface area contributed by atoms with Crippen molar-refractivity contribution in [3.63, 3.8) is 0 Å². The largest absolute Gasteiger partial charge is 0.508 e. The number of aromatic amines is 1. The number of thiophene rings is 1. The molecule has 3 amide bonds. The van der Waals surface area contributed by atoms with Gasteiger partial charge in [0.05, 0.1) is 22.7 Å². The standard InChI is InChI=1S/C43H57N7O7S/c1-3-4-5-6-7-13-39(53)46-20-9-8-11-35(49-41(54)33(44)23-30-26-47-40(48-30)38-12-10-21-58-38)42(55)50-36(28-16-14-27(2)15-17-28)25-37(52)32-24-31(51)19-18-29(32)22-34(45)43(56)57/h10,12,14-19,21,24,26,33-36,51H,3-9,11,13,20,22-23,25,44-45H2,1-2H3,(H,46,53)(H,47,48)(H,49,54)(H,50,55)(H,56,57)/t33-,34+,35-,36?/m0/s1. The van der Waals surface area contributed by atoms with Gasteiger partial charge in [-0.2, -0.15) is 0 Å². The molecule has 10 N–H and O–H groups in total. The maximum absolute atomic E-state index is 14.2. The van der Waals surface area contributed by atoms with Gasteiger partial charge in [0.15, 0.2) is 5.78 Å². The van der Waals surface area contributed by atoms with Crippen molar-refractivity contribution in [1.29, 1.82) is 0 Å². The fourth-order valence-corrected chi connectivity index (χ4v) is 7.17. The summed E-state index contributed by atoms with van der Waals surface area (Å²) < 4.78 is 0. The number of unbranched alkanes of at least 4 members (excludes halogenated alkanes) is 5. The van der Waals surface area contributed by atoms with E-state index in [4.69, 9.17) is 11.5 Å². The zero-order chi connectivity index (χ0) is 42.0. The van der Waals surface area contributed by atoms with Gasteiger partial charge >= 0.3 is 5.97 Å². The maximum atomic E-state index is 14.2. The summed E-state index contributed by atoms with van der Waals surface area (Å²) in [5.41, 5.74) is 14.8. The molecule has 0 saturated heterocycles. The van der Waals surface area contributed by atoms with Gasteiger partial charge in [0.1, 0.15) is 23.7 Å². The number of carbonyl (C=O) groups excluding carboxylic acids is 4. The lowest BCUT2D eigenvalue weighted by Crippen LogP contribution is -2.52. The predicted octanol–water partition coefficient (Wildman–Crippen LogP) is 5.24. The van der Waals surface area contributed by atoms with E-state index in [1.807, 2.05) is 36.6 Å². The molecule has 2 heterocycles. The molecule has 0 aliphatic carbocycles. The van der Waals surface area contributed by atoms with E-state index in [0.29, 0.717) is 48.5 Å². The Balaban J connectivity index is 1.49. The Morgan fingerprint density at radius 1 is 0.879 bits per heavy atom.